The quantitative estimate of drug-likeness (QED) is 0.819. The molecular weight excluding hydrogens is 343 g/mol. The molecule has 0 radical (unpaired) electrons. The van der Waals surface area contributed by atoms with Gasteiger partial charge in [0.05, 0.1) is 11.2 Å². The summed E-state index contributed by atoms with van der Waals surface area (Å²) in [5, 5.41) is 0.733. The molecule has 0 spiro atoms. The molecule has 7 nitrogen and oxygen atoms in total. The topological polar surface area (TPSA) is 93.2 Å². The van der Waals surface area contributed by atoms with Crippen molar-refractivity contribution >= 4 is 35.0 Å². The lowest BCUT2D eigenvalue weighted by Crippen LogP contribution is -2.47. The number of carbonyl (C=O) groups excluding carboxylic acids is 2. The van der Waals surface area contributed by atoms with Crippen LogP contribution in [-0.2, 0) is 4.79 Å². The SMILES string of the molecule is C[C@H](Oc1ccc(Cl)cc1Cl)C(=O)NNC(=O)c1cnccn1. The van der Waals surface area contributed by atoms with Crippen molar-refractivity contribution in [1.29, 1.82) is 0 Å². The van der Waals surface area contributed by atoms with E-state index in [2.05, 4.69) is 20.8 Å². The van der Waals surface area contributed by atoms with E-state index in [4.69, 9.17) is 27.9 Å². The molecule has 0 unspecified atom stereocenters. The summed E-state index contributed by atoms with van der Waals surface area (Å²) in [6.45, 7) is 1.51. The molecule has 2 N–H and O–H groups in total. The lowest BCUT2D eigenvalue weighted by atomic mass is 10.3. The van der Waals surface area contributed by atoms with E-state index in [0.29, 0.717) is 10.8 Å². The van der Waals surface area contributed by atoms with Gasteiger partial charge in [-0.15, -0.1) is 0 Å². The number of amides is 2. The molecule has 120 valence electrons. The van der Waals surface area contributed by atoms with Crippen LogP contribution < -0.4 is 15.6 Å². The minimum absolute atomic E-state index is 0.0714. The summed E-state index contributed by atoms with van der Waals surface area (Å²) in [5.41, 5.74) is 4.52. The Bertz CT molecular complexity index is 712. The van der Waals surface area contributed by atoms with Gasteiger partial charge in [0, 0.05) is 17.4 Å². The van der Waals surface area contributed by atoms with Crippen molar-refractivity contribution in [3.8, 4) is 5.75 Å². The van der Waals surface area contributed by atoms with E-state index in [1.807, 2.05) is 0 Å². The third-order valence-electron chi connectivity index (χ3n) is 2.66. The fourth-order valence-electron chi connectivity index (χ4n) is 1.52. The number of ether oxygens (including phenoxy) is 1. The number of aromatic nitrogens is 2. The first-order valence-corrected chi connectivity index (χ1v) is 7.21. The molecule has 0 aliphatic heterocycles. The van der Waals surface area contributed by atoms with Crippen LogP contribution in [0.4, 0.5) is 0 Å². The van der Waals surface area contributed by atoms with Crippen molar-refractivity contribution < 1.29 is 14.3 Å². The van der Waals surface area contributed by atoms with E-state index in [1.54, 1.807) is 12.1 Å². The molecule has 0 aliphatic rings. The molecule has 2 aromatic rings. The van der Waals surface area contributed by atoms with Crippen LogP contribution in [0.15, 0.2) is 36.8 Å². The molecule has 1 heterocycles. The van der Waals surface area contributed by atoms with Crippen LogP contribution in [0.1, 0.15) is 17.4 Å². The zero-order valence-corrected chi connectivity index (χ0v) is 13.4. The van der Waals surface area contributed by atoms with Crippen LogP contribution in [0, 0.1) is 0 Å². The molecule has 1 aromatic heterocycles. The monoisotopic (exact) mass is 354 g/mol. The predicted octanol–water partition coefficient (Wildman–Crippen LogP) is 2.01. The van der Waals surface area contributed by atoms with Crippen molar-refractivity contribution in [2.45, 2.75) is 13.0 Å². The average molecular weight is 355 g/mol. The van der Waals surface area contributed by atoms with E-state index < -0.39 is 17.9 Å². The van der Waals surface area contributed by atoms with E-state index in [9.17, 15) is 9.59 Å². The highest BCUT2D eigenvalue weighted by atomic mass is 35.5. The van der Waals surface area contributed by atoms with Crippen LogP contribution in [0.2, 0.25) is 10.0 Å². The number of nitrogens with one attached hydrogen (secondary N) is 2. The van der Waals surface area contributed by atoms with Gasteiger partial charge in [-0.1, -0.05) is 23.2 Å². The maximum Gasteiger partial charge on any atom is 0.289 e. The Kier molecular flexibility index (Phi) is 5.72. The fraction of sp³-hybridized carbons (Fsp3) is 0.143. The number of hydrazine groups is 1. The third kappa shape index (κ3) is 4.80. The minimum Gasteiger partial charge on any atom is -0.479 e. The lowest BCUT2D eigenvalue weighted by molar-refractivity contribution is -0.128. The van der Waals surface area contributed by atoms with Crippen LogP contribution in [0.5, 0.6) is 5.75 Å². The van der Waals surface area contributed by atoms with Crippen LogP contribution in [0.3, 0.4) is 0 Å². The van der Waals surface area contributed by atoms with Crippen molar-refractivity contribution in [2.75, 3.05) is 0 Å². The standard InChI is InChI=1S/C14H12Cl2N4O3/c1-8(23-12-3-2-9(15)6-10(12)16)13(21)19-20-14(22)11-7-17-4-5-18-11/h2-8H,1H3,(H,19,21)(H,20,22)/t8-/m0/s1. The zero-order valence-electron chi connectivity index (χ0n) is 11.9. The predicted molar refractivity (Wildman–Crippen MR) is 84.2 cm³/mol. The zero-order chi connectivity index (χ0) is 16.8. The molecular formula is C14H12Cl2N4O3. The Morgan fingerprint density at radius 2 is 2.00 bits per heavy atom. The Balaban J connectivity index is 1.89. The van der Waals surface area contributed by atoms with Crippen molar-refractivity contribution in [3.05, 3.63) is 52.5 Å². The van der Waals surface area contributed by atoms with E-state index >= 15 is 0 Å². The van der Waals surface area contributed by atoms with E-state index in [1.165, 1.54) is 31.6 Å². The number of nitrogens with zero attached hydrogens (tertiary/aromatic N) is 2. The molecule has 2 rings (SSSR count). The molecule has 23 heavy (non-hydrogen) atoms. The van der Waals surface area contributed by atoms with E-state index in [0.717, 1.165) is 0 Å². The Hall–Kier alpha value is -2.38. The first-order valence-electron chi connectivity index (χ1n) is 6.45. The number of carbonyl (C=O) groups is 2. The number of benzene rings is 1. The van der Waals surface area contributed by atoms with Gasteiger partial charge in [0.25, 0.3) is 11.8 Å². The summed E-state index contributed by atoms with van der Waals surface area (Å²) in [6, 6.07) is 4.63. The second-order valence-corrected chi connectivity index (χ2v) is 5.21. The van der Waals surface area contributed by atoms with Gasteiger partial charge in [0.15, 0.2) is 6.10 Å². The van der Waals surface area contributed by atoms with Gasteiger partial charge in [-0.05, 0) is 25.1 Å². The molecule has 1 atom stereocenters. The largest absolute Gasteiger partial charge is 0.479 e. The van der Waals surface area contributed by atoms with Gasteiger partial charge in [-0.2, -0.15) is 0 Å². The maximum atomic E-state index is 11.9. The van der Waals surface area contributed by atoms with Gasteiger partial charge in [0.1, 0.15) is 11.4 Å². The maximum absolute atomic E-state index is 11.9. The molecule has 0 saturated carbocycles. The highest BCUT2D eigenvalue weighted by Gasteiger charge is 2.17. The van der Waals surface area contributed by atoms with Crippen LogP contribution in [0.25, 0.3) is 0 Å². The summed E-state index contributed by atoms with van der Waals surface area (Å²) in [4.78, 5) is 31.2. The summed E-state index contributed by atoms with van der Waals surface area (Å²) < 4.78 is 5.42. The van der Waals surface area contributed by atoms with Gasteiger partial charge in [0.2, 0.25) is 0 Å². The fourth-order valence-corrected chi connectivity index (χ4v) is 1.97. The smallest absolute Gasteiger partial charge is 0.289 e. The van der Waals surface area contributed by atoms with Crippen LogP contribution >= 0.6 is 23.2 Å². The minimum atomic E-state index is -0.893. The van der Waals surface area contributed by atoms with Gasteiger partial charge in [-0.25, -0.2) is 4.98 Å². The second kappa shape index (κ2) is 7.75. The van der Waals surface area contributed by atoms with Crippen LogP contribution in [-0.4, -0.2) is 27.9 Å². The first-order chi connectivity index (χ1) is 11.0. The molecule has 0 bridgehead atoms. The van der Waals surface area contributed by atoms with E-state index in [-0.39, 0.29) is 10.7 Å². The van der Waals surface area contributed by atoms with Crippen molar-refractivity contribution in [1.82, 2.24) is 20.8 Å². The normalized spacial score (nSPS) is 11.4. The Morgan fingerprint density at radius 3 is 2.65 bits per heavy atom. The first kappa shape index (κ1) is 17.0. The summed E-state index contributed by atoms with van der Waals surface area (Å²) in [6.07, 6.45) is 3.18. The Morgan fingerprint density at radius 1 is 1.22 bits per heavy atom. The van der Waals surface area contributed by atoms with Crippen molar-refractivity contribution in [2.24, 2.45) is 0 Å². The van der Waals surface area contributed by atoms with Crippen molar-refractivity contribution in [3.63, 3.8) is 0 Å². The molecule has 2 amide bonds. The summed E-state index contributed by atoms with van der Waals surface area (Å²) in [7, 11) is 0. The molecule has 9 heteroatoms. The highest BCUT2D eigenvalue weighted by molar-refractivity contribution is 6.35. The van der Waals surface area contributed by atoms with Gasteiger partial charge >= 0.3 is 0 Å². The van der Waals surface area contributed by atoms with Gasteiger partial charge < -0.3 is 4.74 Å². The third-order valence-corrected chi connectivity index (χ3v) is 3.19. The molecule has 1 aromatic carbocycles. The Labute approximate surface area is 142 Å². The molecule has 0 fully saturated rings. The number of hydrogen-bond donors (Lipinski definition) is 2. The summed E-state index contributed by atoms with van der Waals surface area (Å²) in [5.74, 6) is -0.851. The second-order valence-electron chi connectivity index (χ2n) is 4.37. The number of hydrogen-bond acceptors (Lipinski definition) is 5. The number of rotatable bonds is 4. The number of halogens is 2. The lowest BCUT2D eigenvalue weighted by Gasteiger charge is -2.16. The van der Waals surface area contributed by atoms with Gasteiger partial charge in [-0.3, -0.25) is 25.4 Å². The molecule has 0 aliphatic carbocycles. The highest BCUT2D eigenvalue weighted by Crippen LogP contribution is 2.28. The molecule has 0 saturated heterocycles. The summed E-state index contributed by atoms with van der Waals surface area (Å²) >= 11 is 11.7. The average Bonchev–Trinajstić information content (AvgIpc) is 2.55.